The molecule has 0 fully saturated rings. The molecule has 0 aliphatic carbocycles. The number of hydrogen-bond acceptors (Lipinski definition) is 3. The smallest absolute Gasteiger partial charge is 0.417 e. The Morgan fingerprint density at radius 1 is 1.23 bits per heavy atom. The van der Waals surface area contributed by atoms with Crippen molar-refractivity contribution in [2.45, 2.75) is 6.61 Å². The number of esters is 1. The number of aliphatic carboxylic acids is 1. The van der Waals surface area contributed by atoms with Gasteiger partial charge in [0.15, 0.2) is 0 Å². The maximum atomic E-state index is 10.5. The molecule has 68 valence electrons. The van der Waals surface area contributed by atoms with Gasteiger partial charge in [0.1, 0.15) is 6.61 Å². The first-order valence-corrected chi connectivity index (χ1v) is 3.64. The van der Waals surface area contributed by atoms with Crippen LogP contribution in [0.15, 0.2) is 30.3 Å². The third-order valence-electron chi connectivity index (χ3n) is 1.39. The minimum Gasteiger partial charge on any atom is -0.473 e. The molecule has 1 aromatic rings. The third kappa shape index (κ3) is 2.94. The second-order valence-electron chi connectivity index (χ2n) is 2.37. The van der Waals surface area contributed by atoms with Gasteiger partial charge in [-0.15, -0.1) is 0 Å². The molecule has 0 bridgehead atoms. The highest BCUT2D eigenvalue weighted by Crippen LogP contribution is 2.00. The van der Waals surface area contributed by atoms with Gasteiger partial charge >= 0.3 is 11.9 Å². The first-order valence-electron chi connectivity index (χ1n) is 3.64. The zero-order valence-corrected chi connectivity index (χ0v) is 6.77. The minimum absolute atomic E-state index is 0.00796. The van der Waals surface area contributed by atoms with Crippen molar-refractivity contribution < 1.29 is 19.4 Å². The van der Waals surface area contributed by atoms with Crippen molar-refractivity contribution in [2.24, 2.45) is 0 Å². The first-order chi connectivity index (χ1) is 6.20. The second-order valence-corrected chi connectivity index (χ2v) is 2.37. The lowest BCUT2D eigenvalue weighted by Crippen LogP contribution is -2.15. The van der Waals surface area contributed by atoms with E-state index in [9.17, 15) is 9.59 Å². The van der Waals surface area contributed by atoms with Gasteiger partial charge in [-0.2, -0.15) is 0 Å². The molecular weight excluding hydrogens is 172 g/mol. The Bertz CT molecular complexity index is 305. The van der Waals surface area contributed by atoms with Gasteiger partial charge in [0.05, 0.1) is 0 Å². The lowest BCUT2D eigenvalue weighted by Gasteiger charge is -2.00. The number of hydrogen-bond donors (Lipinski definition) is 1. The van der Waals surface area contributed by atoms with Gasteiger partial charge in [0.2, 0.25) is 0 Å². The van der Waals surface area contributed by atoms with Crippen molar-refractivity contribution in [1.29, 1.82) is 0 Å². The van der Waals surface area contributed by atoms with Crippen molar-refractivity contribution in [3.05, 3.63) is 35.9 Å². The summed E-state index contributed by atoms with van der Waals surface area (Å²) in [6.07, 6.45) is 0. The highest BCUT2D eigenvalue weighted by atomic mass is 16.6. The Morgan fingerprint density at radius 3 is 2.38 bits per heavy atom. The number of carboxylic acids is 1. The number of benzene rings is 1. The zero-order valence-electron chi connectivity index (χ0n) is 6.77. The van der Waals surface area contributed by atoms with E-state index in [1.165, 1.54) is 0 Å². The molecule has 0 heterocycles. The number of carbonyl (C=O) groups excluding carboxylic acids is 1. The van der Waals surface area contributed by atoms with Crippen LogP contribution in [0.5, 0.6) is 0 Å². The van der Waals surface area contributed by atoms with Crippen molar-refractivity contribution in [2.75, 3.05) is 0 Å². The maximum Gasteiger partial charge on any atom is 0.417 e. The molecule has 0 aliphatic heterocycles. The van der Waals surface area contributed by atoms with Crippen molar-refractivity contribution >= 4 is 11.9 Å². The van der Waals surface area contributed by atoms with Gasteiger partial charge in [-0.05, 0) is 5.56 Å². The summed E-state index contributed by atoms with van der Waals surface area (Å²) in [5.41, 5.74) is 0.761. The highest BCUT2D eigenvalue weighted by Gasteiger charge is 2.11. The van der Waals surface area contributed by atoms with Crippen LogP contribution in [0.1, 0.15) is 5.56 Å². The molecule has 1 rings (SSSR count). The molecule has 0 amide bonds. The predicted octanol–water partition coefficient (Wildman–Crippen LogP) is 0.814. The van der Waals surface area contributed by atoms with E-state index < -0.39 is 11.9 Å². The molecule has 1 N–H and O–H groups in total. The highest BCUT2D eigenvalue weighted by molar-refractivity contribution is 6.28. The fourth-order valence-electron chi connectivity index (χ4n) is 0.785. The summed E-state index contributed by atoms with van der Waals surface area (Å²) in [6, 6.07) is 8.88. The van der Waals surface area contributed by atoms with Crippen molar-refractivity contribution in [3.8, 4) is 0 Å². The standard InChI is InChI=1S/C9H8O4/c10-8(11)9(12)13-6-7-4-2-1-3-5-7/h1-5H,6H2,(H,10,11). The summed E-state index contributed by atoms with van der Waals surface area (Å²) in [5.74, 6) is -2.81. The van der Waals surface area contributed by atoms with Crippen LogP contribution >= 0.6 is 0 Å². The molecule has 4 heteroatoms. The van der Waals surface area contributed by atoms with E-state index in [0.29, 0.717) is 0 Å². The number of ether oxygens (including phenoxy) is 1. The predicted molar refractivity (Wildman–Crippen MR) is 43.9 cm³/mol. The molecule has 13 heavy (non-hydrogen) atoms. The summed E-state index contributed by atoms with van der Waals surface area (Å²) in [5, 5.41) is 8.19. The van der Waals surface area contributed by atoms with Crippen LogP contribution in [0.2, 0.25) is 0 Å². The summed E-state index contributed by atoms with van der Waals surface area (Å²) < 4.78 is 4.45. The monoisotopic (exact) mass is 180 g/mol. The van der Waals surface area contributed by atoms with Crippen molar-refractivity contribution in [3.63, 3.8) is 0 Å². The van der Waals surface area contributed by atoms with Crippen LogP contribution in [-0.2, 0) is 20.9 Å². The summed E-state index contributed by atoms with van der Waals surface area (Å²) >= 11 is 0. The Morgan fingerprint density at radius 2 is 1.85 bits per heavy atom. The van der Waals surface area contributed by atoms with Crippen LogP contribution in [0, 0.1) is 0 Å². The maximum absolute atomic E-state index is 10.5. The second kappa shape index (κ2) is 4.25. The van der Waals surface area contributed by atoms with E-state index in [-0.39, 0.29) is 6.61 Å². The summed E-state index contributed by atoms with van der Waals surface area (Å²) in [4.78, 5) is 20.5. The summed E-state index contributed by atoms with van der Waals surface area (Å²) in [6.45, 7) is -0.00796. The Kier molecular flexibility index (Phi) is 3.03. The van der Waals surface area contributed by atoms with E-state index in [4.69, 9.17) is 5.11 Å². The Hall–Kier alpha value is -1.84. The average molecular weight is 180 g/mol. The number of carbonyl (C=O) groups is 2. The minimum atomic E-state index is -1.57. The molecule has 1 aromatic carbocycles. The van der Waals surface area contributed by atoms with E-state index in [1.807, 2.05) is 6.07 Å². The molecule has 0 radical (unpaired) electrons. The van der Waals surface area contributed by atoms with Gasteiger partial charge < -0.3 is 9.84 Å². The first kappa shape index (κ1) is 9.25. The van der Waals surface area contributed by atoms with Crippen LogP contribution in [0.3, 0.4) is 0 Å². The van der Waals surface area contributed by atoms with Gasteiger partial charge in [-0.3, -0.25) is 0 Å². The normalized spacial score (nSPS) is 9.23. The fraction of sp³-hybridized carbons (Fsp3) is 0.111. The van der Waals surface area contributed by atoms with Gasteiger partial charge in [-0.1, -0.05) is 30.3 Å². The number of carboxylic acid groups (broad SMARTS) is 1. The molecule has 0 saturated carbocycles. The van der Waals surface area contributed by atoms with Crippen LogP contribution in [0.4, 0.5) is 0 Å². The molecule has 0 saturated heterocycles. The third-order valence-corrected chi connectivity index (χ3v) is 1.39. The molecule has 0 aromatic heterocycles. The van der Waals surface area contributed by atoms with Gasteiger partial charge in [0, 0.05) is 0 Å². The Labute approximate surface area is 74.8 Å². The number of rotatable bonds is 2. The fourth-order valence-corrected chi connectivity index (χ4v) is 0.785. The quantitative estimate of drug-likeness (QED) is 0.540. The SMILES string of the molecule is O=C(O)C(=O)OCc1ccccc1. The van der Waals surface area contributed by atoms with E-state index >= 15 is 0 Å². The van der Waals surface area contributed by atoms with E-state index in [2.05, 4.69) is 4.74 Å². The Balaban J connectivity index is 2.44. The van der Waals surface area contributed by atoms with E-state index in [0.717, 1.165) is 5.56 Å². The van der Waals surface area contributed by atoms with Crippen LogP contribution < -0.4 is 0 Å². The largest absolute Gasteiger partial charge is 0.473 e. The zero-order chi connectivity index (χ0) is 9.68. The lowest BCUT2D eigenvalue weighted by molar-refractivity contribution is -0.164. The van der Waals surface area contributed by atoms with Gasteiger partial charge in [0.25, 0.3) is 0 Å². The van der Waals surface area contributed by atoms with Crippen molar-refractivity contribution in [1.82, 2.24) is 0 Å². The lowest BCUT2D eigenvalue weighted by atomic mass is 10.2. The molecule has 0 aliphatic rings. The molecule has 0 unspecified atom stereocenters. The summed E-state index contributed by atoms with van der Waals surface area (Å²) in [7, 11) is 0. The average Bonchev–Trinajstić information content (AvgIpc) is 2.15. The topological polar surface area (TPSA) is 63.6 Å². The molecule has 0 spiro atoms. The van der Waals surface area contributed by atoms with Crippen LogP contribution in [0.25, 0.3) is 0 Å². The molecule has 0 atom stereocenters. The molecular formula is C9H8O4. The van der Waals surface area contributed by atoms with Crippen LogP contribution in [-0.4, -0.2) is 17.0 Å². The van der Waals surface area contributed by atoms with Gasteiger partial charge in [-0.25, -0.2) is 9.59 Å². The molecule has 4 nitrogen and oxygen atoms in total. The van der Waals surface area contributed by atoms with E-state index in [1.54, 1.807) is 24.3 Å².